The highest BCUT2D eigenvalue weighted by Gasteiger charge is 2.21. The Morgan fingerprint density at radius 3 is 2.68 bits per heavy atom. The van der Waals surface area contributed by atoms with E-state index in [1.54, 1.807) is 11.8 Å². The monoisotopic (exact) mass is 284 g/mol. The summed E-state index contributed by atoms with van der Waals surface area (Å²) in [5, 5.41) is 7.77. The summed E-state index contributed by atoms with van der Waals surface area (Å²) >= 11 is 5.09. The maximum atomic E-state index is 5.77. The van der Waals surface area contributed by atoms with Gasteiger partial charge in [-0.05, 0) is 18.8 Å². The molecule has 0 spiro atoms. The SMILES string of the molecule is COCCC(C)(C)CNc1c(C(N)=S)c(C)nn1C. The van der Waals surface area contributed by atoms with E-state index in [0.29, 0.717) is 4.99 Å². The summed E-state index contributed by atoms with van der Waals surface area (Å²) in [6.07, 6.45) is 0.982. The van der Waals surface area contributed by atoms with Crippen molar-refractivity contribution in [3.8, 4) is 0 Å². The van der Waals surface area contributed by atoms with Crippen LogP contribution in [-0.2, 0) is 11.8 Å². The number of nitrogens with one attached hydrogen (secondary N) is 1. The molecule has 1 aromatic heterocycles. The average Bonchev–Trinajstić information content (AvgIpc) is 2.59. The molecule has 0 radical (unpaired) electrons. The Balaban J connectivity index is 2.80. The van der Waals surface area contributed by atoms with Crippen LogP contribution in [0.15, 0.2) is 0 Å². The molecule has 19 heavy (non-hydrogen) atoms. The molecule has 0 saturated heterocycles. The molecule has 5 nitrogen and oxygen atoms in total. The van der Waals surface area contributed by atoms with Crippen molar-refractivity contribution >= 4 is 23.0 Å². The Morgan fingerprint density at radius 1 is 1.53 bits per heavy atom. The standard InChI is InChI=1S/C13H24N4OS/c1-9-10(11(14)19)12(17(4)16-9)15-8-13(2,3)6-7-18-5/h15H,6-8H2,1-5H3,(H2,14,19). The van der Waals surface area contributed by atoms with E-state index in [1.807, 2.05) is 14.0 Å². The van der Waals surface area contributed by atoms with Gasteiger partial charge in [-0.15, -0.1) is 0 Å². The van der Waals surface area contributed by atoms with Crippen LogP contribution in [0.2, 0.25) is 0 Å². The van der Waals surface area contributed by atoms with Crippen molar-refractivity contribution in [1.29, 1.82) is 0 Å². The molecule has 0 aliphatic heterocycles. The fourth-order valence-corrected chi connectivity index (χ4v) is 2.19. The van der Waals surface area contributed by atoms with Crippen LogP contribution in [0.5, 0.6) is 0 Å². The minimum atomic E-state index is 0.127. The number of hydrogen-bond donors (Lipinski definition) is 2. The quantitative estimate of drug-likeness (QED) is 0.748. The van der Waals surface area contributed by atoms with Crippen LogP contribution in [0.1, 0.15) is 31.5 Å². The first-order valence-corrected chi connectivity index (χ1v) is 6.75. The van der Waals surface area contributed by atoms with Gasteiger partial charge in [-0.2, -0.15) is 5.10 Å². The van der Waals surface area contributed by atoms with E-state index in [-0.39, 0.29) is 5.41 Å². The molecular weight excluding hydrogens is 260 g/mol. The number of aromatic nitrogens is 2. The van der Waals surface area contributed by atoms with Gasteiger partial charge in [-0.25, -0.2) is 0 Å². The van der Waals surface area contributed by atoms with Crippen LogP contribution in [0.3, 0.4) is 0 Å². The van der Waals surface area contributed by atoms with Crippen molar-refractivity contribution in [3.05, 3.63) is 11.3 Å². The highest BCUT2D eigenvalue weighted by molar-refractivity contribution is 7.80. The van der Waals surface area contributed by atoms with Gasteiger partial charge in [-0.3, -0.25) is 4.68 Å². The number of anilines is 1. The van der Waals surface area contributed by atoms with Crippen molar-refractivity contribution < 1.29 is 4.74 Å². The van der Waals surface area contributed by atoms with Crippen molar-refractivity contribution in [1.82, 2.24) is 9.78 Å². The summed E-state index contributed by atoms with van der Waals surface area (Å²) in [6, 6.07) is 0. The predicted octanol–water partition coefficient (Wildman–Crippen LogP) is 1.84. The summed E-state index contributed by atoms with van der Waals surface area (Å²) in [4.78, 5) is 0.378. The molecule has 0 aromatic carbocycles. The average molecular weight is 284 g/mol. The molecule has 1 aromatic rings. The maximum absolute atomic E-state index is 5.77. The minimum absolute atomic E-state index is 0.127. The molecule has 0 aliphatic rings. The highest BCUT2D eigenvalue weighted by atomic mass is 32.1. The molecule has 1 rings (SSSR count). The van der Waals surface area contributed by atoms with Crippen LogP contribution in [0.4, 0.5) is 5.82 Å². The van der Waals surface area contributed by atoms with Crippen molar-refractivity contribution in [2.24, 2.45) is 18.2 Å². The van der Waals surface area contributed by atoms with Crippen LogP contribution in [-0.4, -0.2) is 35.0 Å². The lowest BCUT2D eigenvalue weighted by Gasteiger charge is -2.25. The number of nitrogens with two attached hydrogens (primary N) is 1. The van der Waals surface area contributed by atoms with E-state index in [9.17, 15) is 0 Å². The normalized spacial score (nSPS) is 11.6. The number of nitrogens with zero attached hydrogens (tertiary/aromatic N) is 2. The smallest absolute Gasteiger partial charge is 0.134 e. The molecule has 108 valence electrons. The Labute approximate surface area is 120 Å². The second kappa shape index (κ2) is 6.34. The second-order valence-electron chi connectivity index (χ2n) is 5.56. The van der Waals surface area contributed by atoms with Gasteiger partial charge in [0.2, 0.25) is 0 Å². The van der Waals surface area contributed by atoms with Crippen molar-refractivity contribution in [2.75, 3.05) is 25.6 Å². The minimum Gasteiger partial charge on any atom is -0.389 e. The van der Waals surface area contributed by atoms with Crippen LogP contribution >= 0.6 is 12.2 Å². The second-order valence-corrected chi connectivity index (χ2v) is 6.00. The molecule has 6 heteroatoms. The summed E-state index contributed by atoms with van der Waals surface area (Å²) in [5.74, 6) is 0.885. The largest absolute Gasteiger partial charge is 0.389 e. The van der Waals surface area contributed by atoms with E-state index >= 15 is 0 Å². The first-order chi connectivity index (χ1) is 8.78. The van der Waals surface area contributed by atoms with Gasteiger partial charge in [0.05, 0.1) is 11.3 Å². The predicted molar refractivity (Wildman–Crippen MR) is 82.6 cm³/mol. The van der Waals surface area contributed by atoms with E-state index < -0.39 is 0 Å². The van der Waals surface area contributed by atoms with Gasteiger partial charge in [0.1, 0.15) is 10.8 Å². The number of aryl methyl sites for hydroxylation is 2. The third kappa shape index (κ3) is 4.18. The fraction of sp³-hybridized carbons (Fsp3) is 0.692. The maximum Gasteiger partial charge on any atom is 0.134 e. The molecule has 0 fully saturated rings. The third-order valence-corrected chi connectivity index (χ3v) is 3.39. The lowest BCUT2D eigenvalue weighted by atomic mass is 9.89. The fourth-order valence-electron chi connectivity index (χ4n) is 1.95. The van der Waals surface area contributed by atoms with Gasteiger partial charge in [0.25, 0.3) is 0 Å². The zero-order chi connectivity index (χ0) is 14.6. The zero-order valence-electron chi connectivity index (χ0n) is 12.4. The number of ether oxygens (including phenoxy) is 1. The Bertz CT molecular complexity index is 454. The topological polar surface area (TPSA) is 65.1 Å². The number of hydrogen-bond acceptors (Lipinski definition) is 4. The van der Waals surface area contributed by atoms with Gasteiger partial charge in [-0.1, -0.05) is 26.1 Å². The first kappa shape index (κ1) is 15.9. The highest BCUT2D eigenvalue weighted by Crippen LogP contribution is 2.24. The number of thiocarbonyl (C=S) groups is 1. The first-order valence-electron chi connectivity index (χ1n) is 6.34. The summed E-state index contributed by atoms with van der Waals surface area (Å²) < 4.78 is 6.92. The summed E-state index contributed by atoms with van der Waals surface area (Å²) in [7, 11) is 3.61. The van der Waals surface area contributed by atoms with E-state index in [0.717, 1.165) is 36.6 Å². The molecule has 0 unspecified atom stereocenters. The van der Waals surface area contributed by atoms with Gasteiger partial charge in [0.15, 0.2) is 0 Å². The molecular formula is C13H24N4OS. The van der Waals surface area contributed by atoms with Crippen molar-refractivity contribution in [2.45, 2.75) is 27.2 Å². The van der Waals surface area contributed by atoms with E-state index in [1.165, 1.54) is 0 Å². The summed E-state index contributed by atoms with van der Waals surface area (Å²) in [5.41, 5.74) is 7.58. The molecule has 0 aliphatic carbocycles. The lowest BCUT2D eigenvalue weighted by molar-refractivity contribution is 0.157. The molecule has 3 N–H and O–H groups in total. The molecule has 0 bridgehead atoms. The molecule has 0 atom stereocenters. The third-order valence-electron chi connectivity index (χ3n) is 3.19. The van der Waals surface area contributed by atoms with Crippen LogP contribution in [0, 0.1) is 12.3 Å². The Hall–Kier alpha value is -1.14. The van der Waals surface area contributed by atoms with Crippen LogP contribution in [0.25, 0.3) is 0 Å². The molecule has 1 heterocycles. The number of rotatable bonds is 7. The Morgan fingerprint density at radius 2 is 2.16 bits per heavy atom. The van der Waals surface area contributed by atoms with E-state index in [4.69, 9.17) is 22.7 Å². The van der Waals surface area contributed by atoms with Gasteiger partial charge < -0.3 is 15.8 Å². The van der Waals surface area contributed by atoms with E-state index in [2.05, 4.69) is 24.3 Å². The van der Waals surface area contributed by atoms with Crippen LogP contribution < -0.4 is 11.1 Å². The molecule has 0 amide bonds. The summed E-state index contributed by atoms with van der Waals surface area (Å²) in [6.45, 7) is 7.87. The Kier molecular flexibility index (Phi) is 5.31. The lowest BCUT2D eigenvalue weighted by Crippen LogP contribution is -2.26. The number of methoxy groups -OCH3 is 1. The molecule has 0 saturated carbocycles. The van der Waals surface area contributed by atoms with Gasteiger partial charge >= 0.3 is 0 Å². The zero-order valence-corrected chi connectivity index (χ0v) is 13.2. The van der Waals surface area contributed by atoms with Crippen molar-refractivity contribution in [3.63, 3.8) is 0 Å². The van der Waals surface area contributed by atoms with Gasteiger partial charge in [0, 0.05) is 27.3 Å².